The average molecular weight is 321 g/mol. The van der Waals surface area contributed by atoms with Gasteiger partial charge < -0.3 is 9.84 Å². The van der Waals surface area contributed by atoms with Crippen molar-refractivity contribution in [3.05, 3.63) is 29.8 Å². The largest absolute Gasteiger partial charge is 0.481 e. The van der Waals surface area contributed by atoms with Gasteiger partial charge in [-0.3, -0.25) is 14.9 Å². The second kappa shape index (κ2) is 7.76. The van der Waals surface area contributed by atoms with E-state index in [1.807, 2.05) is 0 Å². The molecule has 0 aliphatic carbocycles. The van der Waals surface area contributed by atoms with E-state index >= 15 is 0 Å². The minimum Gasteiger partial charge on any atom is -0.481 e. The van der Waals surface area contributed by atoms with Gasteiger partial charge in [0.25, 0.3) is 0 Å². The quantitative estimate of drug-likeness (QED) is 0.785. The lowest BCUT2D eigenvalue weighted by atomic mass is 9.96. The van der Waals surface area contributed by atoms with Gasteiger partial charge in [-0.2, -0.15) is 0 Å². The summed E-state index contributed by atoms with van der Waals surface area (Å²) < 4.78 is 5.15. The van der Waals surface area contributed by atoms with Crippen molar-refractivity contribution in [2.45, 2.75) is 46.1 Å². The highest BCUT2D eigenvalue weighted by Crippen LogP contribution is 2.16. The van der Waals surface area contributed by atoms with Crippen LogP contribution in [0.25, 0.3) is 0 Å². The van der Waals surface area contributed by atoms with Gasteiger partial charge in [0.2, 0.25) is 0 Å². The highest BCUT2D eigenvalue weighted by Gasteiger charge is 2.22. The van der Waals surface area contributed by atoms with Crippen LogP contribution in [0.1, 0.15) is 39.7 Å². The molecule has 0 aliphatic heterocycles. The summed E-state index contributed by atoms with van der Waals surface area (Å²) in [6.45, 7) is 6.63. The van der Waals surface area contributed by atoms with E-state index in [4.69, 9.17) is 9.84 Å². The molecular weight excluding hydrogens is 298 g/mol. The number of benzene rings is 1. The maximum atomic E-state index is 11.6. The number of Topliss-reactive ketones (excluding diaryl/α,β-unsaturated/α-hetero) is 1. The third-order valence-corrected chi connectivity index (χ3v) is 3.11. The number of amides is 1. The van der Waals surface area contributed by atoms with Crippen molar-refractivity contribution in [1.82, 2.24) is 0 Å². The minimum atomic E-state index is -1.10. The molecule has 23 heavy (non-hydrogen) atoms. The molecule has 0 radical (unpaired) electrons. The Balaban J connectivity index is 2.58. The standard InChI is InChI=1S/C17H23NO5/c1-11(19)14(15(20)21)10-7-12-5-8-13(9-6-12)18-16(22)23-17(2,3)4/h5-6,8-9,14H,7,10H2,1-4H3,(H,18,22)(H,20,21). The van der Waals surface area contributed by atoms with Crippen molar-refractivity contribution in [3.63, 3.8) is 0 Å². The third-order valence-electron chi connectivity index (χ3n) is 3.11. The summed E-state index contributed by atoms with van der Waals surface area (Å²) >= 11 is 0. The van der Waals surface area contributed by atoms with Crippen LogP contribution in [-0.2, 0) is 20.7 Å². The summed E-state index contributed by atoms with van der Waals surface area (Å²) in [6.07, 6.45) is 0.194. The number of aryl methyl sites for hydroxylation is 1. The Morgan fingerprint density at radius 3 is 2.17 bits per heavy atom. The van der Waals surface area contributed by atoms with E-state index in [-0.39, 0.29) is 12.2 Å². The highest BCUT2D eigenvalue weighted by atomic mass is 16.6. The van der Waals surface area contributed by atoms with Crippen molar-refractivity contribution in [2.75, 3.05) is 5.32 Å². The van der Waals surface area contributed by atoms with Crippen LogP contribution < -0.4 is 5.32 Å². The van der Waals surface area contributed by atoms with Gasteiger partial charge in [0.1, 0.15) is 17.3 Å². The van der Waals surface area contributed by atoms with Crippen molar-refractivity contribution in [3.8, 4) is 0 Å². The van der Waals surface area contributed by atoms with Crippen LogP contribution in [0.15, 0.2) is 24.3 Å². The zero-order valence-corrected chi connectivity index (χ0v) is 13.9. The Morgan fingerprint density at radius 1 is 1.17 bits per heavy atom. The summed E-state index contributed by atoms with van der Waals surface area (Å²) in [6, 6.07) is 6.99. The van der Waals surface area contributed by atoms with Gasteiger partial charge >= 0.3 is 12.1 Å². The molecule has 0 heterocycles. The zero-order chi connectivity index (χ0) is 17.6. The lowest BCUT2D eigenvalue weighted by Crippen LogP contribution is -2.27. The number of ketones is 1. The first-order valence-corrected chi connectivity index (χ1v) is 7.40. The molecule has 1 amide bonds. The average Bonchev–Trinajstić information content (AvgIpc) is 2.37. The molecule has 2 N–H and O–H groups in total. The summed E-state index contributed by atoms with van der Waals surface area (Å²) in [5.74, 6) is -2.42. The maximum Gasteiger partial charge on any atom is 0.412 e. The van der Waals surface area contributed by atoms with Crippen molar-refractivity contribution in [2.24, 2.45) is 5.92 Å². The number of nitrogens with one attached hydrogen (secondary N) is 1. The van der Waals surface area contributed by atoms with Gasteiger partial charge in [-0.05, 0) is 58.2 Å². The number of carboxylic acid groups (broad SMARTS) is 1. The molecule has 6 nitrogen and oxygen atoms in total. The fraction of sp³-hybridized carbons (Fsp3) is 0.471. The fourth-order valence-electron chi connectivity index (χ4n) is 1.99. The second-order valence-corrected chi connectivity index (χ2v) is 6.36. The molecule has 0 saturated heterocycles. The molecule has 0 bridgehead atoms. The van der Waals surface area contributed by atoms with E-state index in [9.17, 15) is 14.4 Å². The normalized spacial score (nSPS) is 12.3. The van der Waals surface area contributed by atoms with Crippen molar-refractivity contribution in [1.29, 1.82) is 0 Å². The number of hydrogen-bond donors (Lipinski definition) is 2. The molecule has 0 fully saturated rings. The molecule has 126 valence electrons. The molecule has 1 unspecified atom stereocenters. The molecule has 0 spiro atoms. The second-order valence-electron chi connectivity index (χ2n) is 6.36. The van der Waals surface area contributed by atoms with E-state index in [0.29, 0.717) is 12.1 Å². The van der Waals surface area contributed by atoms with E-state index in [0.717, 1.165) is 5.56 Å². The number of ether oxygens (including phenoxy) is 1. The van der Waals surface area contributed by atoms with Crippen LogP contribution in [0.3, 0.4) is 0 Å². The van der Waals surface area contributed by atoms with E-state index < -0.39 is 23.6 Å². The summed E-state index contributed by atoms with van der Waals surface area (Å²) in [7, 11) is 0. The SMILES string of the molecule is CC(=O)C(CCc1ccc(NC(=O)OC(C)(C)C)cc1)C(=O)O. The number of hydrogen-bond acceptors (Lipinski definition) is 4. The van der Waals surface area contributed by atoms with Gasteiger partial charge in [0, 0.05) is 5.69 Å². The molecule has 0 aliphatic rings. The lowest BCUT2D eigenvalue weighted by Gasteiger charge is -2.19. The predicted octanol–water partition coefficient (Wildman–Crippen LogP) is 3.26. The number of anilines is 1. The van der Waals surface area contributed by atoms with Gasteiger partial charge in [-0.25, -0.2) is 4.79 Å². The Labute approximate surface area is 135 Å². The minimum absolute atomic E-state index is 0.253. The zero-order valence-electron chi connectivity index (χ0n) is 13.9. The number of carboxylic acids is 1. The van der Waals surface area contributed by atoms with E-state index in [2.05, 4.69) is 5.32 Å². The maximum absolute atomic E-state index is 11.6. The molecule has 1 aromatic rings. The predicted molar refractivity (Wildman–Crippen MR) is 86.4 cm³/mol. The highest BCUT2D eigenvalue weighted by molar-refractivity contribution is 5.96. The fourth-order valence-corrected chi connectivity index (χ4v) is 1.99. The van der Waals surface area contributed by atoms with Gasteiger partial charge in [-0.1, -0.05) is 12.1 Å². The molecule has 1 aromatic carbocycles. The van der Waals surface area contributed by atoms with Crippen LogP contribution in [0.5, 0.6) is 0 Å². The van der Waals surface area contributed by atoms with Crippen LogP contribution in [0.2, 0.25) is 0 Å². The number of carbonyl (C=O) groups is 3. The van der Waals surface area contributed by atoms with E-state index in [1.54, 1.807) is 45.0 Å². The van der Waals surface area contributed by atoms with Crippen molar-refractivity contribution < 1.29 is 24.2 Å². The Kier molecular flexibility index (Phi) is 6.30. The Hall–Kier alpha value is -2.37. The Morgan fingerprint density at radius 2 is 1.74 bits per heavy atom. The van der Waals surface area contributed by atoms with Gasteiger partial charge in [-0.15, -0.1) is 0 Å². The molecule has 1 atom stereocenters. The smallest absolute Gasteiger partial charge is 0.412 e. The van der Waals surface area contributed by atoms with Crippen molar-refractivity contribution >= 4 is 23.5 Å². The number of aliphatic carboxylic acids is 1. The topological polar surface area (TPSA) is 92.7 Å². The number of rotatable bonds is 6. The lowest BCUT2D eigenvalue weighted by molar-refractivity contribution is -0.145. The monoisotopic (exact) mass is 321 g/mol. The van der Waals surface area contributed by atoms with Gasteiger partial charge in [0.05, 0.1) is 0 Å². The molecule has 1 rings (SSSR count). The first-order chi connectivity index (χ1) is 10.6. The molecule has 0 saturated carbocycles. The number of carbonyl (C=O) groups excluding carboxylic acids is 2. The summed E-state index contributed by atoms with van der Waals surface area (Å²) in [5.41, 5.74) is 0.916. The third kappa shape index (κ3) is 6.95. The van der Waals surface area contributed by atoms with Crippen LogP contribution in [0.4, 0.5) is 10.5 Å². The van der Waals surface area contributed by atoms with E-state index in [1.165, 1.54) is 6.92 Å². The van der Waals surface area contributed by atoms with Crippen LogP contribution in [-0.4, -0.2) is 28.6 Å². The van der Waals surface area contributed by atoms with Gasteiger partial charge in [0.15, 0.2) is 0 Å². The molecule has 0 aromatic heterocycles. The first kappa shape index (κ1) is 18.7. The Bertz CT molecular complexity index is 558. The van der Waals surface area contributed by atoms with Crippen LogP contribution >= 0.6 is 0 Å². The summed E-state index contributed by atoms with van der Waals surface area (Å²) in [5, 5.41) is 11.6. The first-order valence-electron chi connectivity index (χ1n) is 7.40. The molecule has 6 heteroatoms. The summed E-state index contributed by atoms with van der Waals surface area (Å²) in [4.78, 5) is 33.9. The van der Waals surface area contributed by atoms with Crippen LogP contribution in [0, 0.1) is 5.92 Å². The molecular formula is C17H23NO5.